The van der Waals surface area contributed by atoms with Gasteiger partial charge in [0, 0.05) is 167 Å². The molecule has 6 aliphatic rings. The number of hydrogen-bond acceptors (Lipinski definition) is 20. The van der Waals surface area contributed by atoms with E-state index in [-0.39, 0.29) is 83.8 Å². The number of ether oxygens (including phenoxy) is 4. The molecule has 0 bridgehead atoms. The third-order valence-electron chi connectivity index (χ3n) is 28.1. The van der Waals surface area contributed by atoms with Gasteiger partial charge in [-0.1, -0.05) is 81.7 Å². The molecule has 28 heteroatoms. The number of fused-ring (bicyclic) bond motifs is 14. The lowest BCUT2D eigenvalue weighted by atomic mass is 9.77. The van der Waals surface area contributed by atoms with Crippen molar-refractivity contribution in [1.82, 2.24) is 30.4 Å². The number of benzene rings is 8. The second-order valence-electron chi connectivity index (χ2n) is 37.4. The summed E-state index contributed by atoms with van der Waals surface area (Å²) in [6.45, 7) is 11.5. The molecule has 6 amide bonds. The number of esters is 2. The average molecular weight is 1900 g/mol. The van der Waals surface area contributed by atoms with Gasteiger partial charge in [0.05, 0.1) is 42.9 Å². The fourth-order valence-electron chi connectivity index (χ4n) is 20.8. The first-order valence-electron chi connectivity index (χ1n) is 48.6. The van der Waals surface area contributed by atoms with Crippen molar-refractivity contribution in [2.75, 3.05) is 72.0 Å². The number of aryl methyl sites for hydroxylation is 2. The number of likely N-dealkylation sites (N-methyl/N-ethyl adjacent to an activating group) is 2. The van der Waals surface area contributed by atoms with Crippen molar-refractivity contribution in [2.45, 2.75) is 193 Å². The smallest absolute Gasteiger partial charge is 0.340 e. The first-order chi connectivity index (χ1) is 66.9. The summed E-state index contributed by atoms with van der Waals surface area (Å²) in [5.41, 5.74) is 35.8. The number of nitrogens with two attached hydrogens (primary N) is 4. The molecule has 8 aromatic carbocycles. The molecule has 26 nitrogen and oxygen atoms in total. The van der Waals surface area contributed by atoms with Gasteiger partial charge in [-0.05, 0) is 266 Å². The van der Waals surface area contributed by atoms with Gasteiger partial charge in [-0.15, -0.1) is 22.7 Å². The minimum atomic E-state index is -1.34. The molecule has 0 unspecified atom stereocenters. The molecule has 0 radical (unpaired) electrons. The second-order valence-corrected chi connectivity index (χ2v) is 39.3. The Kier molecular flexibility index (Phi) is 29.5. The summed E-state index contributed by atoms with van der Waals surface area (Å²) < 4.78 is 30.6. The summed E-state index contributed by atoms with van der Waals surface area (Å²) in [6, 6.07) is 54.7. The van der Waals surface area contributed by atoms with Crippen molar-refractivity contribution in [3.63, 3.8) is 0 Å². The van der Waals surface area contributed by atoms with Crippen LogP contribution in [0.1, 0.15) is 262 Å². The van der Waals surface area contributed by atoms with E-state index in [1.165, 1.54) is 0 Å². The number of nitrogens with one attached hydrogen (secondary N) is 4. The van der Waals surface area contributed by atoms with E-state index >= 15 is 0 Å². The molecule has 138 heavy (non-hydrogen) atoms. The maximum Gasteiger partial charge on any atom is 0.340 e. The Hall–Kier alpha value is -13.9. The molecule has 2 spiro atoms. The second kappa shape index (κ2) is 42.4. The lowest BCUT2D eigenvalue weighted by molar-refractivity contribution is -0.127. The number of ketones is 2. The number of carbonyl (C=O) groups excluding carboxylic acids is 10. The van der Waals surface area contributed by atoms with Crippen LogP contribution in [-0.4, -0.2) is 107 Å². The predicted molar refractivity (Wildman–Crippen MR) is 540 cm³/mol. The van der Waals surface area contributed by atoms with Crippen molar-refractivity contribution in [2.24, 2.45) is 23.7 Å². The zero-order valence-electron chi connectivity index (χ0n) is 78.6. The number of amides is 6. The van der Waals surface area contributed by atoms with Crippen LogP contribution in [0.5, 0.6) is 23.0 Å². The fourth-order valence-corrected chi connectivity index (χ4v) is 22.5. The topological polar surface area (TPSA) is 376 Å². The van der Waals surface area contributed by atoms with Crippen molar-refractivity contribution < 1.29 is 66.9 Å². The number of nitrogens with zero attached hydrogens (tertiary/aromatic N) is 4. The number of rotatable bonds is 36. The lowest BCUT2D eigenvalue weighted by Crippen LogP contribution is -2.35. The highest BCUT2D eigenvalue weighted by molar-refractivity contribution is 7.17. The van der Waals surface area contributed by atoms with Gasteiger partial charge in [0.1, 0.15) is 36.1 Å². The van der Waals surface area contributed by atoms with E-state index in [0.29, 0.717) is 165 Å². The zero-order valence-corrected chi connectivity index (χ0v) is 80.3. The van der Waals surface area contributed by atoms with E-state index < -0.39 is 23.1 Å². The van der Waals surface area contributed by atoms with Crippen molar-refractivity contribution in [3.8, 4) is 23.0 Å². The van der Waals surface area contributed by atoms with Crippen LogP contribution >= 0.6 is 22.7 Å². The van der Waals surface area contributed by atoms with Gasteiger partial charge in [-0.25, -0.2) is 9.59 Å². The number of Topliss-reactive ketones (excluding diaryl/α,β-unsaturated/α-hetero) is 2. The van der Waals surface area contributed by atoms with E-state index in [9.17, 15) is 47.9 Å². The monoisotopic (exact) mass is 1900 g/mol. The molecule has 716 valence electrons. The third-order valence-corrected chi connectivity index (χ3v) is 29.8. The molecule has 12 N–H and O–H groups in total. The van der Waals surface area contributed by atoms with Crippen LogP contribution in [0.3, 0.4) is 0 Å². The fraction of sp³-hybridized carbons (Fsp3) is 0.364. The Morgan fingerprint density at radius 1 is 0.391 bits per heavy atom. The van der Waals surface area contributed by atoms with Crippen molar-refractivity contribution in [1.29, 1.82) is 0 Å². The molecule has 0 atom stereocenters. The predicted octanol–water partition coefficient (Wildman–Crippen LogP) is 20.1. The average Bonchev–Trinajstić information content (AvgIpc) is 1.49. The molecule has 2 aliphatic carbocycles. The highest BCUT2D eigenvalue weighted by Gasteiger charge is 2.56. The maximum atomic E-state index is 13.8. The highest BCUT2D eigenvalue weighted by Crippen LogP contribution is 2.59. The minimum absolute atomic E-state index is 0.0371. The Labute approximate surface area is 811 Å². The SMILES string of the molecule is CCN(C(=O)Cn1c(C(=O)CC2CCC(C(=O)NCCCCCCCCNC(=O)c3ccc4c(c3)C(=O)OC43c4ccc(N)cc4Oc4cc(N)ccc43)CC2)cc2sccc21)c1cccc(C)c1.CCN(C(=O)Cn1c(C(=O)CC2CCC(C(=O)NCCCCCCCCNC(=O)c3ccc4c(c3)C3(OC4=O)c4ccc(N)cc4Oc4cc(N)ccc43)CC2)cc2sccc21)c1cccc(C)c1. The van der Waals surface area contributed by atoms with Crippen LogP contribution in [0.15, 0.2) is 193 Å². The summed E-state index contributed by atoms with van der Waals surface area (Å²) in [6.07, 6.45) is 18.7. The highest BCUT2D eigenvalue weighted by atomic mass is 32.1. The summed E-state index contributed by atoms with van der Waals surface area (Å²) in [7, 11) is 0. The Bertz CT molecular complexity index is 6540. The zero-order chi connectivity index (χ0) is 96.5. The van der Waals surface area contributed by atoms with Gasteiger partial charge in [-0.2, -0.15) is 0 Å². The third kappa shape index (κ3) is 20.4. The van der Waals surface area contributed by atoms with Crippen LogP contribution in [0.4, 0.5) is 34.1 Å². The Morgan fingerprint density at radius 3 is 1.15 bits per heavy atom. The van der Waals surface area contributed by atoms with Crippen LogP contribution in [0, 0.1) is 37.5 Å². The van der Waals surface area contributed by atoms with E-state index in [1.54, 1.807) is 142 Å². The van der Waals surface area contributed by atoms with Crippen LogP contribution < -0.4 is 63.5 Å². The van der Waals surface area contributed by atoms with Crippen LogP contribution in [-0.2, 0) is 52.9 Å². The molecule has 2 fully saturated rings. The number of nitrogen functional groups attached to an aromatic ring is 4. The van der Waals surface area contributed by atoms with E-state index in [2.05, 4.69) is 21.3 Å². The quantitative estimate of drug-likeness (QED) is 0.00782. The molecular formula is C110H120N12O14S2. The van der Waals surface area contributed by atoms with Gasteiger partial charge in [0.15, 0.2) is 22.8 Å². The first-order valence-corrected chi connectivity index (χ1v) is 50.4. The molecule has 8 heterocycles. The number of carbonyl (C=O) groups is 10. The standard InChI is InChI=1S/2C55H60N6O7S/c1-3-60(40-12-10-11-34(2)27-40)51(63)33-61-45-23-26-69-50(45)32-46(61)47(62)28-35-13-15-36(16-14-35)52(64)58-24-8-6-4-5-7-9-25-59-53(65)37-17-20-42-41(29-37)54(66)68-55(42)43-21-18-38(56)30-48(43)67-49-31-39(57)19-22-44(49)55;1-3-60(40-12-10-11-34(2)27-40)51(63)33-61-45-23-26-69-50(45)32-46(61)47(62)28-35-13-15-36(16-14-35)52(64)58-24-8-6-4-5-7-9-25-59-53(65)37-17-20-41-44(29-37)55(68-54(41)66)42-21-18-38(56)30-48(42)67-49-31-39(57)19-22-43(49)55/h2*10-12,17-23,26-27,29-32,35-36H,3-9,13-16,24-25,28,33,56-57H2,1-2H3,(H,58,64)(H,59,65). The van der Waals surface area contributed by atoms with Crippen LogP contribution in [0.25, 0.3) is 20.4 Å². The summed E-state index contributed by atoms with van der Waals surface area (Å²) >= 11 is 3.15. The molecule has 12 aromatic rings. The van der Waals surface area contributed by atoms with Gasteiger partial charge >= 0.3 is 11.9 Å². The Balaban J connectivity index is 0.000000191. The summed E-state index contributed by atoms with van der Waals surface area (Å²) in [5.74, 6) is 0.839. The molecule has 0 saturated heterocycles. The maximum absolute atomic E-state index is 13.8. The number of hydrogen-bond donors (Lipinski definition) is 8. The molecule has 4 aromatic heterocycles. The van der Waals surface area contributed by atoms with Crippen LogP contribution in [0.2, 0.25) is 0 Å². The molecule has 4 aliphatic heterocycles. The molecule has 18 rings (SSSR count). The summed E-state index contributed by atoms with van der Waals surface area (Å²) in [4.78, 5) is 138. The number of unbranched alkanes of at least 4 members (excludes halogenated alkanes) is 10. The minimum Gasteiger partial charge on any atom is -0.456 e. The summed E-state index contributed by atoms with van der Waals surface area (Å²) in [5, 5.41) is 16.3. The van der Waals surface area contributed by atoms with Gasteiger partial charge in [-0.3, -0.25) is 38.4 Å². The van der Waals surface area contributed by atoms with Gasteiger partial charge < -0.3 is 82.1 Å². The number of anilines is 6. The molecular weight excluding hydrogens is 1780 g/mol. The first kappa shape index (κ1) is 95.8. The van der Waals surface area contributed by atoms with Crippen molar-refractivity contribution >= 4 is 136 Å². The van der Waals surface area contributed by atoms with E-state index in [1.807, 2.05) is 120 Å². The van der Waals surface area contributed by atoms with Crippen molar-refractivity contribution in [3.05, 3.63) is 271 Å². The van der Waals surface area contributed by atoms with Gasteiger partial charge in [0.2, 0.25) is 23.6 Å². The van der Waals surface area contributed by atoms with Gasteiger partial charge in [0.25, 0.3) is 11.8 Å². The van der Waals surface area contributed by atoms with E-state index in [4.69, 9.17) is 41.9 Å². The molecule has 2 saturated carbocycles. The largest absolute Gasteiger partial charge is 0.456 e. The number of thiophene rings is 2. The number of aromatic nitrogens is 2. The lowest BCUT2D eigenvalue weighted by Gasteiger charge is -2.36. The van der Waals surface area contributed by atoms with E-state index in [0.717, 1.165) is 171 Å². The Morgan fingerprint density at radius 2 is 0.754 bits per heavy atom. The normalized spacial score (nSPS) is 16.5.